The molecule has 0 fully saturated rings. The molecule has 1 aromatic carbocycles. The third-order valence-corrected chi connectivity index (χ3v) is 23.7. The van der Waals surface area contributed by atoms with Crippen molar-refractivity contribution in [1.82, 2.24) is 10.6 Å². The molecule has 302 valence electrons. The SMILES string of the molecule is CCO[Si](CCCNC(NCCC[Si](OCC)(OCC)OCC)[Si]CCc1c([Si](C)C)ccc(C(C)[Si](C)(OC)OC)c1[Si](C)C)(OCC)OCC. The Hall–Kier alpha value is 0.121. The second-order valence-corrected chi connectivity index (χ2v) is 29.1. The summed E-state index contributed by atoms with van der Waals surface area (Å²) in [6.07, 6.45) is 2.93. The molecule has 0 aliphatic heterocycles. The van der Waals surface area contributed by atoms with Crippen molar-refractivity contribution >= 4 is 63.7 Å². The summed E-state index contributed by atoms with van der Waals surface area (Å²) in [7, 11) is -4.83. The van der Waals surface area contributed by atoms with Gasteiger partial charge in [0.2, 0.25) is 0 Å². The average Bonchev–Trinajstić information content (AvgIpc) is 3.11. The molecular formula is C36H76N2O8Si6. The molecule has 0 amide bonds. The number of hydrogen-bond acceptors (Lipinski definition) is 10. The molecule has 0 aliphatic carbocycles. The number of rotatable bonds is 32. The number of nitrogens with one attached hydrogen (secondary N) is 2. The standard InChI is InChI=1S/C36H76N2O8Si6/c1-15-41-51(42-16-2,43-17-3)29-21-26-37-36(38-27-22-30-52(44-18-4,45-19-5)46-20-6)47-28-25-33-34(48(10)11)24-23-32(35(33)49(12)13)31(7)50(14,39-8)40-9/h23-24,31,36-38H,15-22,25-30H2,1-14H3. The third-order valence-electron chi connectivity index (χ3n) is 9.37. The zero-order chi connectivity index (χ0) is 39.2. The van der Waals surface area contributed by atoms with Crippen LogP contribution in [0.2, 0.25) is 50.9 Å². The van der Waals surface area contributed by atoms with Gasteiger partial charge in [0.05, 0.1) is 27.1 Å². The van der Waals surface area contributed by atoms with Crippen LogP contribution in [0.15, 0.2) is 12.1 Å². The van der Waals surface area contributed by atoms with Crippen molar-refractivity contribution in [3.63, 3.8) is 0 Å². The highest BCUT2D eigenvalue weighted by molar-refractivity contribution is 6.76. The second kappa shape index (κ2) is 26.9. The van der Waals surface area contributed by atoms with Gasteiger partial charge in [-0.2, -0.15) is 0 Å². The summed E-state index contributed by atoms with van der Waals surface area (Å²) in [6, 6.07) is 7.54. The largest absolute Gasteiger partial charge is 0.500 e. The van der Waals surface area contributed by atoms with Crippen LogP contribution in [0, 0.1) is 0 Å². The van der Waals surface area contributed by atoms with Crippen LogP contribution in [-0.4, -0.2) is 126 Å². The van der Waals surface area contributed by atoms with E-state index in [9.17, 15) is 0 Å². The Morgan fingerprint density at radius 2 is 1.10 bits per heavy atom. The van der Waals surface area contributed by atoms with E-state index >= 15 is 0 Å². The molecule has 0 bridgehead atoms. The van der Waals surface area contributed by atoms with E-state index in [2.05, 4.69) is 62.4 Å². The van der Waals surface area contributed by atoms with Crippen LogP contribution in [0.1, 0.15) is 78.0 Å². The molecule has 0 saturated heterocycles. The Labute approximate surface area is 328 Å². The molecule has 0 heterocycles. The van der Waals surface area contributed by atoms with Crippen LogP contribution in [0.5, 0.6) is 0 Å². The van der Waals surface area contributed by atoms with Gasteiger partial charge in [0, 0.05) is 77.3 Å². The van der Waals surface area contributed by atoms with E-state index in [0.29, 0.717) is 49.2 Å². The van der Waals surface area contributed by atoms with Gasteiger partial charge in [-0.3, -0.25) is 0 Å². The zero-order valence-corrected chi connectivity index (χ0v) is 41.5. The summed E-state index contributed by atoms with van der Waals surface area (Å²) in [6.45, 7) is 31.7. The van der Waals surface area contributed by atoms with Crippen LogP contribution in [0.4, 0.5) is 0 Å². The third kappa shape index (κ3) is 15.9. The molecule has 2 N–H and O–H groups in total. The highest BCUT2D eigenvalue weighted by Crippen LogP contribution is 2.28. The molecule has 1 atom stereocenters. The van der Waals surface area contributed by atoms with Crippen molar-refractivity contribution in [3.05, 3.63) is 23.3 Å². The van der Waals surface area contributed by atoms with E-state index < -0.39 is 43.8 Å². The molecule has 1 unspecified atom stereocenters. The van der Waals surface area contributed by atoms with Gasteiger partial charge in [-0.05, 0) is 86.0 Å². The van der Waals surface area contributed by atoms with Crippen molar-refractivity contribution in [2.24, 2.45) is 0 Å². The Kier molecular flexibility index (Phi) is 25.9. The van der Waals surface area contributed by atoms with Crippen LogP contribution in [0.3, 0.4) is 0 Å². The van der Waals surface area contributed by atoms with Gasteiger partial charge < -0.3 is 46.0 Å². The van der Waals surface area contributed by atoms with Gasteiger partial charge in [0.25, 0.3) is 0 Å². The van der Waals surface area contributed by atoms with E-state index in [1.54, 1.807) is 15.9 Å². The van der Waals surface area contributed by atoms with E-state index in [4.69, 9.17) is 35.4 Å². The van der Waals surface area contributed by atoms with Crippen LogP contribution in [-0.2, 0) is 41.8 Å². The molecule has 4 radical (unpaired) electrons. The van der Waals surface area contributed by atoms with E-state index in [1.807, 2.05) is 55.8 Å². The van der Waals surface area contributed by atoms with Gasteiger partial charge in [-0.25, -0.2) is 0 Å². The summed E-state index contributed by atoms with van der Waals surface area (Å²) >= 11 is 0. The second-order valence-electron chi connectivity index (χ2n) is 13.4. The summed E-state index contributed by atoms with van der Waals surface area (Å²) in [5, 5.41) is 10.9. The monoisotopic (exact) mass is 832 g/mol. The number of benzene rings is 1. The lowest BCUT2D eigenvalue weighted by Gasteiger charge is -2.33. The lowest BCUT2D eigenvalue weighted by molar-refractivity contribution is 0.0701. The van der Waals surface area contributed by atoms with Crippen LogP contribution < -0.4 is 21.0 Å². The van der Waals surface area contributed by atoms with Gasteiger partial charge in [0.1, 0.15) is 0 Å². The van der Waals surface area contributed by atoms with Crippen molar-refractivity contribution < 1.29 is 35.4 Å². The minimum Gasteiger partial charge on any atom is -0.397 e. The first kappa shape index (κ1) is 50.1. The van der Waals surface area contributed by atoms with Gasteiger partial charge in [-0.15, -0.1) is 0 Å². The maximum absolute atomic E-state index is 6.14. The Balaban J connectivity index is 3.27. The topological polar surface area (TPSA) is 97.9 Å². The smallest absolute Gasteiger partial charge is 0.397 e. The fourth-order valence-corrected chi connectivity index (χ4v) is 18.2. The molecule has 52 heavy (non-hydrogen) atoms. The summed E-state index contributed by atoms with van der Waals surface area (Å²) < 4.78 is 48.9. The molecule has 0 aliphatic rings. The fraction of sp³-hybridized carbons (Fsp3) is 0.833. The van der Waals surface area contributed by atoms with E-state index in [0.717, 1.165) is 50.5 Å². The van der Waals surface area contributed by atoms with Crippen LogP contribution in [0.25, 0.3) is 0 Å². The van der Waals surface area contributed by atoms with E-state index in [1.165, 1.54) is 5.56 Å². The highest BCUT2D eigenvalue weighted by atomic mass is 28.4. The molecular weight excluding hydrogens is 757 g/mol. The normalized spacial score (nSPS) is 13.6. The maximum atomic E-state index is 6.14. The van der Waals surface area contributed by atoms with Crippen molar-refractivity contribution in [2.75, 3.05) is 67.0 Å². The lowest BCUT2D eigenvalue weighted by atomic mass is 10.1. The van der Waals surface area contributed by atoms with Gasteiger partial charge >= 0.3 is 26.2 Å². The Morgan fingerprint density at radius 3 is 1.44 bits per heavy atom. The van der Waals surface area contributed by atoms with Crippen molar-refractivity contribution in [1.29, 1.82) is 0 Å². The predicted molar refractivity (Wildman–Crippen MR) is 229 cm³/mol. The Morgan fingerprint density at radius 1 is 0.673 bits per heavy atom. The molecule has 1 rings (SSSR count). The molecule has 16 heteroatoms. The zero-order valence-electron chi connectivity index (χ0n) is 35.5. The summed E-state index contributed by atoms with van der Waals surface area (Å²) in [5.41, 5.74) is 3.28. The van der Waals surface area contributed by atoms with Crippen molar-refractivity contribution in [3.8, 4) is 0 Å². The van der Waals surface area contributed by atoms with Gasteiger partial charge in [0.15, 0.2) is 0 Å². The molecule has 10 nitrogen and oxygen atoms in total. The number of hydrogen-bond donors (Lipinski definition) is 2. The average molecular weight is 834 g/mol. The molecule has 0 aromatic heterocycles. The Bertz CT molecular complexity index is 1020. The lowest BCUT2D eigenvalue weighted by Crippen LogP contribution is -2.50. The highest BCUT2D eigenvalue weighted by Gasteiger charge is 2.41. The van der Waals surface area contributed by atoms with Gasteiger partial charge in [-0.1, -0.05) is 67.2 Å². The first-order valence-electron chi connectivity index (χ1n) is 19.7. The van der Waals surface area contributed by atoms with E-state index in [-0.39, 0.29) is 11.3 Å². The summed E-state index contributed by atoms with van der Waals surface area (Å²) in [4.78, 5) is 0. The first-order chi connectivity index (χ1) is 24.8. The maximum Gasteiger partial charge on any atom is 0.500 e. The fourth-order valence-electron chi connectivity index (χ4n) is 6.73. The minimum atomic E-state index is -2.69. The predicted octanol–water partition coefficient (Wildman–Crippen LogP) is 5.62. The van der Waals surface area contributed by atoms with Crippen molar-refractivity contribution in [2.45, 2.75) is 130 Å². The quantitative estimate of drug-likeness (QED) is 0.0542. The first-order valence-corrected chi connectivity index (χ1v) is 32.3. The van der Waals surface area contributed by atoms with Crippen LogP contribution >= 0.6 is 0 Å². The summed E-state index contributed by atoms with van der Waals surface area (Å²) in [5.74, 6) is 0.192. The molecule has 0 saturated carbocycles. The minimum absolute atomic E-state index is 0.192. The molecule has 0 spiro atoms. The molecule has 1 aromatic rings.